The van der Waals surface area contributed by atoms with Crippen molar-refractivity contribution in [2.75, 3.05) is 5.32 Å². The third-order valence-corrected chi connectivity index (χ3v) is 5.56. The molecule has 7 heteroatoms. The number of anilines is 1. The van der Waals surface area contributed by atoms with E-state index in [0.717, 1.165) is 11.4 Å². The summed E-state index contributed by atoms with van der Waals surface area (Å²) in [4.78, 5) is 0.258. The zero-order valence-corrected chi connectivity index (χ0v) is 19.0. The van der Waals surface area contributed by atoms with Gasteiger partial charge in [0, 0.05) is 35.1 Å². The van der Waals surface area contributed by atoms with Gasteiger partial charge in [0.05, 0.1) is 10.7 Å². The first kappa shape index (κ1) is 22.1. The molecule has 3 rings (SSSR count). The fourth-order valence-corrected chi connectivity index (χ4v) is 3.99. The maximum atomic E-state index is 13.6. The average Bonchev–Trinajstić information content (AvgIpc) is 3.00. The highest BCUT2D eigenvalue weighted by molar-refractivity contribution is 7.81. The van der Waals surface area contributed by atoms with Crippen molar-refractivity contribution < 1.29 is 9.67 Å². The van der Waals surface area contributed by atoms with Gasteiger partial charge in [-0.3, -0.25) is 0 Å². The number of hydrogen-bond acceptors (Lipinski definition) is 2. The van der Waals surface area contributed by atoms with Crippen molar-refractivity contribution in [2.24, 2.45) is 0 Å². The molecule has 3 aromatic rings. The molecular formula is C23H21Cl2N3OS. The second-order valence-electron chi connectivity index (χ2n) is 6.72. The van der Waals surface area contributed by atoms with Gasteiger partial charge in [0.2, 0.25) is 5.70 Å². The molecule has 2 heterocycles. The van der Waals surface area contributed by atoms with Gasteiger partial charge in [-0.1, -0.05) is 47.6 Å². The van der Waals surface area contributed by atoms with Crippen molar-refractivity contribution in [2.45, 2.75) is 20.4 Å². The Morgan fingerprint density at radius 2 is 1.90 bits per heavy atom. The average molecular weight is 458 g/mol. The first-order chi connectivity index (χ1) is 14.3. The van der Waals surface area contributed by atoms with E-state index in [0.29, 0.717) is 33.5 Å². The Bertz CT molecular complexity index is 1140. The molecule has 0 aliphatic heterocycles. The van der Waals surface area contributed by atoms with Crippen LogP contribution < -0.4 is 15.0 Å². The smallest absolute Gasteiger partial charge is 0.238 e. The summed E-state index contributed by atoms with van der Waals surface area (Å²) >= 11 is 17.9. The van der Waals surface area contributed by atoms with Gasteiger partial charge in [-0.05, 0) is 49.4 Å². The van der Waals surface area contributed by atoms with Crippen LogP contribution >= 0.6 is 35.4 Å². The van der Waals surface area contributed by atoms with Crippen LogP contribution in [0.1, 0.15) is 17.0 Å². The number of allylic oxidation sites excluding steroid dienone is 1. The maximum absolute atomic E-state index is 13.6. The van der Waals surface area contributed by atoms with Crippen LogP contribution in [0.25, 0.3) is 11.5 Å². The first-order valence-electron chi connectivity index (χ1n) is 9.25. The van der Waals surface area contributed by atoms with E-state index in [1.54, 1.807) is 41.2 Å². The summed E-state index contributed by atoms with van der Waals surface area (Å²) < 4.78 is 3.75. The number of thiocarbonyl (C=S) groups is 1. The second kappa shape index (κ2) is 9.47. The summed E-state index contributed by atoms with van der Waals surface area (Å²) in [6.45, 7) is 8.31. The van der Waals surface area contributed by atoms with E-state index in [1.807, 2.05) is 42.7 Å². The highest BCUT2D eigenvalue weighted by atomic mass is 35.5. The molecule has 0 saturated carbocycles. The van der Waals surface area contributed by atoms with E-state index in [4.69, 9.17) is 35.4 Å². The Labute approximate surface area is 191 Å². The van der Waals surface area contributed by atoms with Crippen molar-refractivity contribution in [1.29, 1.82) is 0 Å². The van der Waals surface area contributed by atoms with Crippen LogP contribution in [-0.4, -0.2) is 9.56 Å². The molecule has 0 atom stereocenters. The molecule has 1 aromatic carbocycles. The molecule has 0 bridgehead atoms. The number of nitrogens with one attached hydrogen (secondary N) is 1. The number of aryl methyl sites for hydroxylation is 1. The number of pyridine rings is 1. The lowest BCUT2D eigenvalue weighted by atomic mass is 10.1. The van der Waals surface area contributed by atoms with Gasteiger partial charge in [0.25, 0.3) is 0 Å². The highest BCUT2D eigenvalue weighted by Crippen LogP contribution is 2.27. The molecule has 0 aliphatic carbocycles. The largest absolute Gasteiger partial charge is 0.867 e. The van der Waals surface area contributed by atoms with Crippen molar-refractivity contribution in [1.82, 2.24) is 4.57 Å². The van der Waals surface area contributed by atoms with Crippen molar-refractivity contribution in [3.05, 3.63) is 94.5 Å². The molecule has 0 unspecified atom stereocenters. The van der Waals surface area contributed by atoms with Gasteiger partial charge in [-0.2, -0.15) is 4.57 Å². The minimum absolute atomic E-state index is 0.183. The number of halogens is 2. The van der Waals surface area contributed by atoms with Crippen molar-refractivity contribution >= 4 is 57.6 Å². The molecule has 0 spiro atoms. The van der Waals surface area contributed by atoms with E-state index in [-0.39, 0.29) is 10.7 Å². The summed E-state index contributed by atoms with van der Waals surface area (Å²) in [6.07, 6.45) is 5.38. The lowest BCUT2D eigenvalue weighted by Gasteiger charge is -2.17. The maximum Gasteiger partial charge on any atom is 0.238 e. The molecule has 154 valence electrons. The van der Waals surface area contributed by atoms with Gasteiger partial charge in [-0.15, -0.1) is 6.58 Å². The molecule has 30 heavy (non-hydrogen) atoms. The van der Waals surface area contributed by atoms with E-state index >= 15 is 0 Å². The SMILES string of the molecule is C=CCn1c(C)cc(C([O-])=C(C(=S)Nc2ccc(Cl)cc2Cl)[n+]2ccccc2)c1C. The summed E-state index contributed by atoms with van der Waals surface area (Å²) in [7, 11) is 0. The number of benzene rings is 1. The van der Waals surface area contributed by atoms with Gasteiger partial charge in [0.1, 0.15) is 0 Å². The molecule has 0 radical (unpaired) electrons. The summed E-state index contributed by atoms with van der Waals surface area (Å²) in [5.74, 6) is -0.183. The van der Waals surface area contributed by atoms with Crippen LogP contribution in [0.2, 0.25) is 10.0 Å². The Kier molecular flexibility index (Phi) is 6.98. The molecule has 0 fully saturated rings. The standard InChI is InChI=1S/C23H21Cl2N3OS/c1-4-10-28-15(2)13-18(16(28)3)22(29)21(27-11-6-5-7-12-27)23(30)26-20-9-8-17(24)14-19(20)25/h4-9,11-14H,1,10H2,2-3H3,(H-,26,29,30). The Hall–Kier alpha value is -2.60. The van der Waals surface area contributed by atoms with Crippen molar-refractivity contribution in [3.8, 4) is 0 Å². The number of nitrogens with zero attached hydrogens (tertiary/aromatic N) is 2. The van der Waals surface area contributed by atoms with Crippen LogP contribution in [0, 0.1) is 13.8 Å². The van der Waals surface area contributed by atoms with Crippen LogP contribution in [0.4, 0.5) is 5.69 Å². The monoisotopic (exact) mass is 457 g/mol. The zero-order chi connectivity index (χ0) is 21.8. The number of rotatable bonds is 6. The molecule has 0 aliphatic rings. The van der Waals surface area contributed by atoms with Crippen LogP contribution in [-0.2, 0) is 6.54 Å². The highest BCUT2D eigenvalue weighted by Gasteiger charge is 2.21. The van der Waals surface area contributed by atoms with Gasteiger partial charge in [0.15, 0.2) is 17.4 Å². The van der Waals surface area contributed by atoms with E-state index in [1.165, 1.54) is 0 Å². The fourth-order valence-electron chi connectivity index (χ4n) is 3.23. The Balaban J connectivity index is 2.12. The lowest BCUT2D eigenvalue weighted by Crippen LogP contribution is -2.39. The third-order valence-electron chi connectivity index (χ3n) is 4.71. The van der Waals surface area contributed by atoms with Gasteiger partial charge >= 0.3 is 0 Å². The van der Waals surface area contributed by atoms with Crippen LogP contribution in [0.15, 0.2) is 67.5 Å². The third kappa shape index (κ3) is 4.59. The summed E-state index contributed by atoms with van der Waals surface area (Å²) in [5, 5.41) is 17.7. The predicted octanol–water partition coefficient (Wildman–Crippen LogP) is 5.01. The van der Waals surface area contributed by atoms with Gasteiger partial charge < -0.3 is 15.0 Å². The number of aromatic nitrogens is 2. The molecule has 0 amide bonds. The molecule has 1 N–H and O–H groups in total. The normalized spacial score (nSPS) is 11.7. The minimum Gasteiger partial charge on any atom is -0.867 e. The second-order valence-corrected chi connectivity index (χ2v) is 7.97. The molecule has 4 nitrogen and oxygen atoms in total. The molecule has 2 aromatic heterocycles. The minimum atomic E-state index is -0.183. The van der Waals surface area contributed by atoms with E-state index in [9.17, 15) is 5.11 Å². The lowest BCUT2D eigenvalue weighted by molar-refractivity contribution is -0.577. The zero-order valence-electron chi connectivity index (χ0n) is 16.7. The first-order valence-corrected chi connectivity index (χ1v) is 10.4. The summed E-state index contributed by atoms with van der Waals surface area (Å²) in [6, 6.07) is 12.5. The predicted molar refractivity (Wildman–Crippen MR) is 127 cm³/mol. The fraction of sp³-hybridized carbons (Fsp3) is 0.130. The van der Waals surface area contributed by atoms with Crippen LogP contribution in [0.3, 0.4) is 0 Å². The van der Waals surface area contributed by atoms with E-state index in [2.05, 4.69) is 11.9 Å². The summed E-state index contributed by atoms with van der Waals surface area (Å²) in [5.41, 5.74) is 3.33. The Morgan fingerprint density at radius 1 is 1.20 bits per heavy atom. The van der Waals surface area contributed by atoms with Gasteiger partial charge in [-0.25, -0.2) is 0 Å². The van der Waals surface area contributed by atoms with E-state index < -0.39 is 0 Å². The quantitative estimate of drug-likeness (QED) is 0.186. The van der Waals surface area contributed by atoms with Crippen LogP contribution in [0.5, 0.6) is 0 Å². The van der Waals surface area contributed by atoms with Crippen molar-refractivity contribution in [3.63, 3.8) is 0 Å². The molecule has 0 saturated heterocycles. The topological polar surface area (TPSA) is 43.9 Å². The number of hydrogen-bond donors (Lipinski definition) is 1. The molecular weight excluding hydrogens is 437 g/mol. The Morgan fingerprint density at radius 3 is 2.53 bits per heavy atom.